The van der Waals surface area contributed by atoms with E-state index >= 15 is 0 Å². The summed E-state index contributed by atoms with van der Waals surface area (Å²) in [6.07, 6.45) is 0.474. The summed E-state index contributed by atoms with van der Waals surface area (Å²) in [6, 6.07) is 22.5. The fourth-order valence-corrected chi connectivity index (χ4v) is 4.48. The molecule has 3 N–H and O–H groups in total. The molecule has 172 valence electrons. The van der Waals surface area contributed by atoms with Gasteiger partial charge in [-0.25, -0.2) is 9.59 Å². The molecule has 7 heteroatoms. The number of amides is 2. The molecule has 0 heterocycles. The number of hydrogen-bond donors (Lipinski definition) is 3. The number of aromatic carboxylic acids is 1. The smallest absolute Gasteiger partial charge is 0.408 e. The van der Waals surface area contributed by atoms with Crippen molar-refractivity contribution in [1.29, 1.82) is 0 Å². The fraction of sp³-hybridized carbons (Fsp3) is 0.222. The number of ether oxygens (including phenoxy) is 1. The van der Waals surface area contributed by atoms with Crippen LogP contribution >= 0.6 is 0 Å². The van der Waals surface area contributed by atoms with E-state index in [1.54, 1.807) is 12.1 Å². The first-order chi connectivity index (χ1) is 16.5. The van der Waals surface area contributed by atoms with Crippen LogP contribution in [-0.2, 0) is 16.1 Å². The van der Waals surface area contributed by atoms with Crippen molar-refractivity contribution in [1.82, 2.24) is 10.6 Å². The van der Waals surface area contributed by atoms with Gasteiger partial charge in [-0.15, -0.1) is 0 Å². The summed E-state index contributed by atoms with van der Waals surface area (Å²) in [4.78, 5) is 36.3. The Kier molecular flexibility index (Phi) is 5.53. The van der Waals surface area contributed by atoms with Gasteiger partial charge in [0.05, 0.1) is 5.56 Å². The van der Waals surface area contributed by atoms with Gasteiger partial charge in [-0.3, -0.25) is 4.79 Å². The maximum atomic E-state index is 12.7. The highest BCUT2D eigenvalue weighted by Crippen LogP contribution is 2.44. The standard InChI is InChI=1S/C27H24N2O5/c30-24(31)18-11-9-17(10-12-18)15-28-25(32)27(13-14-27)29-26(33)34-16-23-21-7-3-1-5-19(21)20-6-2-4-8-22(20)23/h1-12,23H,13-16H2,(H,28,32)(H,29,33)(H,30,31). The Morgan fingerprint density at radius 2 is 1.47 bits per heavy atom. The first kappa shape index (κ1) is 21.7. The normalized spacial score (nSPS) is 15.1. The molecule has 2 aliphatic carbocycles. The average Bonchev–Trinajstić information content (AvgIpc) is 3.56. The number of carbonyl (C=O) groups excluding carboxylic acids is 2. The minimum atomic E-state index is -1.00. The van der Waals surface area contributed by atoms with Crippen LogP contribution in [-0.4, -0.2) is 35.2 Å². The van der Waals surface area contributed by atoms with Gasteiger partial charge in [0, 0.05) is 12.5 Å². The molecule has 2 aliphatic rings. The maximum Gasteiger partial charge on any atom is 0.408 e. The number of rotatable bonds is 7. The van der Waals surface area contributed by atoms with Crippen molar-refractivity contribution >= 4 is 18.0 Å². The van der Waals surface area contributed by atoms with E-state index < -0.39 is 17.6 Å². The van der Waals surface area contributed by atoms with E-state index in [2.05, 4.69) is 34.9 Å². The number of alkyl carbamates (subject to hydrolysis) is 1. The van der Waals surface area contributed by atoms with Crippen LogP contribution in [0.3, 0.4) is 0 Å². The predicted molar refractivity (Wildman–Crippen MR) is 125 cm³/mol. The molecular formula is C27H24N2O5. The SMILES string of the molecule is O=C(NC1(C(=O)NCc2ccc(C(=O)O)cc2)CC1)OCC1c2ccccc2-c2ccccc21. The van der Waals surface area contributed by atoms with E-state index in [1.165, 1.54) is 12.1 Å². The summed E-state index contributed by atoms with van der Waals surface area (Å²) in [7, 11) is 0. The molecule has 34 heavy (non-hydrogen) atoms. The van der Waals surface area contributed by atoms with Crippen LogP contribution in [0.4, 0.5) is 4.79 Å². The quantitative estimate of drug-likeness (QED) is 0.497. The van der Waals surface area contributed by atoms with Gasteiger partial charge in [0.1, 0.15) is 12.1 Å². The molecule has 2 amide bonds. The highest BCUT2D eigenvalue weighted by molar-refractivity contribution is 5.93. The summed E-state index contributed by atoms with van der Waals surface area (Å²) < 4.78 is 5.58. The summed E-state index contributed by atoms with van der Waals surface area (Å²) in [5.41, 5.74) is 4.57. The monoisotopic (exact) mass is 456 g/mol. The lowest BCUT2D eigenvalue weighted by Crippen LogP contribution is -2.49. The average molecular weight is 456 g/mol. The topological polar surface area (TPSA) is 105 Å². The zero-order valence-corrected chi connectivity index (χ0v) is 18.4. The summed E-state index contributed by atoms with van der Waals surface area (Å²) in [6.45, 7) is 0.431. The van der Waals surface area contributed by atoms with Gasteiger partial charge in [-0.1, -0.05) is 60.7 Å². The maximum absolute atomic E-state index is 12.7. The van der Waals surface area contributed by atoms with E-state index in [9.17, 15) is 14.4 Å². The molecule has 5 rings (SSSR count). The first-order valence-corrected chi connectivity index (χ1v) is 11.2. The predicted octanol–water partition coefficient (Wildman–Crippen LogP) is 4.07. The van der Waals surface area contributed by atoms with Gasteiger partial charge >= 0.3 is 12.1 Å². The molecule has 0 atom stereocenters. The molecule has 0 radical (unpaired) electrons. The fourth-order valence-electron chi connectivity index (χ4n) is 4.48. The van der Waals surface area contributed by atoms with Gasteiger partial charge in [0.2, 0.25) is 5.91 Å². The molecule has 0 aliphatic heterocycles. The Bertz CT molecular complexity index is 1220. The first-order valence-electron chi connectivity index (χ1n) is 11.2. The second-order valence-electron chi connectivity index (χ2n) is 8.72. The highest BCUT2D eigenvalue weighted by atomic mass is 16.5. The Morgan fingerprint density at radius 1 is 0.882 bits per heavy atom. The number of hydrogen-bond acceptors (Lipinski definition) is 4. The van der Waals surface area contributed by atoms with Gasteiger partial charge in [-0.05, 0) is 52.8 Å². The Hall–Kier alpha value is -4.13. The second kappa shape index (κ2) is 8.67. The summed E-state index contributed by atoms with van der Waals surface area (Å²) in [5, 5.41) is 14.6. The number of carboxylic acids is 1. The molecule has 1 saturated carbocycles. The third kappa shape index (κ3) is 4.12. The van der Waals surface area contributed by atoms with E-state index in [0.29, 0.717) is 12.8 Å². The number of fused-ring (bicyclic) bond motifs is 3. The second-order valence-corrected chi connectivity index (χ2v) is 8.72. The molecule has 0 saturated heterocycles. The number of carbonyl (C=O) groups is 3. The lowest BCUT2D eigenvalue weighted by molar-refractivity contribution is -0.124. The zero-order valence-electron chi connectivity index (χ0n) is 18.4. The van der Waals surface area contributed by atoms with E-state index in [1.807, 2.05) is 24.3 Å². The van der Waals surface area contributed by atoms with Gasteiger partial charge in [0.15, 0.2) is 0 Å². The summed E-state index contributed by atoms with van der Waals surface area (Å²) >= 11 is 0. The largest absolute Gasteiger partial charge is 0.478 e. The molecular weight excluding hydrogens is 432 g/mol. The van der Waals surface area contributed by atoms with Gasteiger partial charge in [-0.2, -0.15) is 0 Å². The van der Waals surface area contributed by atoms with Crippen LogP contribution < -0.4 is 10.6 Å². The summed E-state index contributed by atoms with van der Waals surface area (Å²) in [5.74, 6) is -1.32. The molecule has 3 aromatic rings. The van der Waals surface area contributed by atoms with Crippen LogP contribution in [0.15, 0.2) is 72.8 Å². The van der Waals surface area contributed by atoms with Gasteiger partial charge in [0.25, 0.3) is 0 Å². The molecule has 7 nitrogen and oxygen atoms in total. The Morgan fingerprint density at radius 3 is 2.03 bits per heavy atom. The van der Waals surface area contributed by atoms with Crippen LogP contribution in [0.1, 0.15) is 45.8 Å². The van der Waals surface area contributed by atoms with E-state index in [-0.39, 0.29) is 30.5 Å². The number of nitrogens with one attached hydrogen (secondary N) is 2. The number of carboxylic acid groups (broad SMARTS) is 1. The highest BCUT2D eigenvalue weighted by Gasteiger charge is 2.51. The van der Waals surface area contributed by atoms with E-state index in [0.717, 1.165) is 27.8 Å². The van der Waals surface area contributed by atoms with Crippen molar-refractivity contribution in [2.24, 2.45) is 0 Å². The lowest BCUT2D eigenvalue weighted by Gasteiger charge is -2.19. The lowest BCUT2D eigenvalue weighted by atomic mass is 9.98. The number of benzene rings is 3. The minimum Gasteiger partial charge on any atom is -0.478 e. The van der Waals surface area contributed by atoms with Crippen LogP contribution in [0, 0.1) is 0 Å². The van der Waals surface area contributed by atoms with Crippen LogP contribution in [0.2, 0.25) is 0 Å². The van der Waals surface area contributed by atoms with Crippen LogP contribution in [0.5, 0.6) is 0 Å². The van der Waals surface area contributed by atoms with Crippen molar-refractivity contribution in [2.45, 2.75) is 30.8 Å². The molecule has 3 aromatic carbocycles. The third-order valence-electron chi connectivity index (χ3n) is 6.52. The third-order valence-corrected chi connectivity index (χ3v) is 6.52. The minimum absolute atomic E-state index is 0.0455. The van der Waals surface area contributed by atoms with Crippen molar-refractivity contribution in [2.75, 3.05) is 6.61 Å². The van der Waals surface area contributed by atoms with Crippen molar-refractivity contribution in [3.63, 3.8) is 0 Å². The van der Waals surface area contributed by atoms with Crippen LogP contribution in [0.25, 0.3) is 11.1 Å². The van der Waals surface area contributed by atoms with Gasteiger partial charge < -0.3 is 20.5 Å². The molecule has 0 aromatic heterocycles. The van der Waals surface area contributed by atoms with E-state index in [4.69, 9.17) is 9.84 Å². The molecule has 0 unspecified atom stereocenters. The molecule has 0 spiro atoms. The Balaban J connectivity index is 1.17. The molecule has 1 fully saturated rings. The van der Waals surface area contributed by atoms with Crippen molar-refractivity contribution in [3.8, 4) is 11.1 Å². The Labute approximate surface area is 196 Å². The van der Waals surface area contributed by atoms with Crippen molar-refractivity contribution < 1.29 is 24.2 Å². The molecule has 0 bridgehead atoms. The van der Waals surface area contributed by atoms with Crippen molar-refractivity contribution in [3.05, 3.63) is 95.1 Å². The zero-order chi connectivity index (χ0) is 23.7.